The first-order valence-corrected chi connectivity index (χ1v) is 11.4. The van der Waals surface area contributed by atoms with E-state index in [1.807, 2.05) is 24.3 Å². The summed E-state index contributed by atoms with van der Waals surface area (Å²) in [5.74, 6) is 2.41. The van der Waals surface area contributed by atoms with Gasteiger partial charge in [0.25, 0.3) is 5.56 Å². The molecule has 4 aromatic heterocycles. The molecule has 0 radical (unpaired) electrons. The summed E-state index contributed by atoms with van der Waals surface area (Å²) in [5, 5.41) is 1.02. The van der Waals surface area contributed by atoms with E-state index in [1.165, 1.54) is 17.7 Å². The summed E-state index contributed by atoms with van der Waals surface area (Å²) in [5.41, 5.74) is 2.52. The summed E-state index contributed by atoms with van der Waals surface area (Å²) >= 11 is 7.56. The Bertz CT molecular complexity index is 1540. The number of aromatic nitrogens is 4. The molecule has 0 saturated heterocycles. The summed E-state index contributed by atoms with van der Waals surface area (Å²) in [6.07, 6.45) is 6.75. The highest BCUT2D eigenvalue weighted by atomic mass is 35.5. The van der Waals surface area contributed by atoms with Crippen molar-refractivity contribution in [1.82, 2.24) is 19.5 Å². The van der Waals surface area contributed by atoms with Crippen molar-refractivity contribution >= 4 is 43.4 Å². The van der Waals surface area contributed by atoms with Gasteiger partial charge in [0.1, 0.15) is 27.6 Å². The number of halogens is 1. The van der Waals surface area contributed by atoms with Crippen molar-refractivity contribution in [3.8, 4) is 17.1 Å². The zero-order chi connectivity index (χ0) is 21.8. The topological polar surface area (TPSA) is 83.0 Å². The van der Waals surface area contributed by atoms with Crippen molar-refractivity contribution in [1.29, 1.82) is 0 Å². The fraction of sp³-hybridized carbons (Fsp3) is 0.217. The fourth-order valence-corrected chi connectivity index (χ4v) is 5.32. The molecule has 6 rings (SSSR count). The zero-order valence-electron chi connectivity index (χ0n) is 17.0. The molecule has 160 valence electrons. The van der Waals surface area contributed by atoms with Gasteiger partial charge in [-0.15, -0.1) is 11.3 Å². The van der Waals surface area contributed by atoms with Crippen LogP contribution in [0.5, 0.6) is 5.75 Å². The van der Waals surface area contributed by atoms with Crippen molar-refractivity contribution in [2.75, 3.05) is 7.11 Å². The average Bonchev–Trinajstić information content (AvgIpc) is 3.39. The van der Waals surface area contributed by atoms with Gasteiger partial charge < -0.3 is 9.15 Å². The van der Waals surface area contributed by atoms with Crippen molar-refractivity contribution in [3.63, 3.8) is 0 Å². The minimum Gasteiger partial charge on any atom is -0.497 e. The minimum atomic E-state index is -0.167. The summed E-state index contributed by atoms with van der Waals surface area (Å²) in [6.45, 7) is 0.220. The van der Waals surface area contributed by atoms with Gasteiger partial charge in [0.2, 0.25) is 0 Å². The van der Waals surface area contributed by atoms with E-state index in [0.717, 1.165) is 34.4 Å². The molecule has 1 aliphatic rings. The zero-order valence-corrected chi connectivity index (χ0v) is 18.6. The first kappa shape index (κ1) is 19.5. The fourth-order valence-electron chi connectivity index (χ4n) is 4.03. The summed E-state index contributed by atoms with van der Waals surface area (Å²) in [6, 6.07) is 7.76. The quantitative estimate of drug-likeness (QED) is 0.353. The Morgan fingerprint density at radius 1 is 1.28 bits per heavy atom. The smallest absolute Gasteiger partial charge is 0.265 e. The van der Waals surface area contributed by atoms with E-state index in [1.54, 1.807) is 24.1 Å². The molecule has 0 atom stereocenters. The molecule has 4 heterocycles. The lowest BCUT2D eigenvalue weighted by molar-refractivity contribution is 0.414. The van der Waals surface area contributed by atoms with E-state index in [9.17, 15) is 4.79 Å². The highest BCUT2D eigenvalue weighted by molar-refractivity contribution is 7.25. The second-order valence-electron chi connectivity index (χ2n) is 7.80. The highest BCUT2D eigenvalue weighted by Gasteiger charge is 2.29. The van der Waals surface area contributed by atoms with Gasteiger partial charge in [0.15, 0.2) is 6.39 Å². The van der Waals surface area contributed by atoms with Gasteiger partial charge in [-0.05, 0) is 48.6 Å². The largest absolute Gasteiger partial charge is 0.497 e. The Hall–Kier alpha value is -3.23. The first-order valence-electron chi connectivity index (χ1n) is 10.2. The van der Waals surface area contributed by atoms with Crippen LogP contribution in [0.2, 0.25) is 5.02 Å². The number of rotatable bonds is 5. The van der Waals surface area contributed by atoms with Crippen LogP contribution in [0.4, 0.5) is 0 Å². The number of fused-ring (bicyclic) bond motifs is 3. The van der Waals surface area contributed by atoms with Crippen molar-refractivity contribution < 1.29 is 9.15 Å². The third-order valence-electron chi connectivity index (χ3n) is 5.71. The Labute approximate surface area is 191 Å². The second-order valence-corrected chi connectivity index (χ2v) is 9.27. The molecule has 32 heavy (non-hydrogen) atoms. The van der Waals surface area contributed by atoms with Crippen molar-refractivity contribution in [2.24, 2.45) is 0 Å². The molecule has 1 fully saturated rings. The lowest BCUT2D eigenvalue weighted by Crippen LogP contribution is -2.24. The molecular weight excluding hydrogens is 448 g/mol. The first-order chi connectivity index (χ1) is 15.6. The standard InChI is InChI=1S/C23H17ClN4O3S/c1-30-14-4-5-16(17(7-14)12-2-3-12)21-27-22-19(20-18(32-22)6-13(24)8-26-20)23(29)28(21)10-15-9-25-11-31-15/h4-9,11-12H,2-3,10H2,1H3. The van der Waals surface area contributed by atoms with Crippen molar-refractivity contribution in [2.45, 2.75) is 25.3 Å². The second kappa shape index (κ2) is 7.43. The molecule has 5 aromatic rings. The molecule has 9 heteroatoms. The SMILES string of the molecule is COc1ccc(-c2nc3sc4cc(Cl)cnc4c3c(=O)n2Cc2cnco2)c(C2CC2)c1. The van der Waals surface area contributed by atoms with E-state index >= 15 is 0 Å². The Balaban J connectivity index is 1.67. The molecule has 0 spiro atoms. The third-order valence-corrected chi connectivity index (χ3v) is 6.94. The molecule has 7 nitrogen and oxygen atoms in total. The highest BCUT2D eigenvalue weighted by Crippen LogP contribution is 2.45. The number of pyridine rings is 1. The maximum absolute atomic E-state index is 13.8. The molecule has 1 saturated carbocycles. The normalized spacial score (nSPS) is 13.8. The van der Waals surface area contributed by atoms with Crippen LogP contribution in [-0.2, 0) is 6.54 Å². The lowest BCUT2D eigenvalue weighted by Gasteiger charge is -2.15. The molecule has 0 bridgehead atoms. The monoisotopic (exact) mass is 464 g/mol. The van der Waals surface area contributed by atoms with E-state index in [2.05, 4.69) is 9.97 Å². The number of nitrogens with zero attached hydrogens (tertiary/aromatic N) is 4. The van der Waals surface area contributed by atoms with Crippen LogP contribution in [0.3, 0.4) is 0 Å². The molecule has 1 aromatic carbocycles. The Morgan fingerprint density at radius 3 is 2.91 bits per heavy atom. The predicted octanol–water partition coefficient (Wildman–Crippen LogP) is 5.25. The van der Waals surface area contributed by atoms with Gasteiger partial charge in [-0.3, -0.25) is 14.3 Å². The van der Waals surface area contributed by atoms with Crippen LogP contribution in [-0.4, -0.2) is 26.6 Å². The summed E-state index contributed by atoms with van der Waals surface area (Å²) in [4.78, 5) is 27.8. The maximum atomic E-state index is 13.8. The van der Waals surface area contributed by atoms with Crippen LogP contribution in [0, 0.1) is 0 Å². The molecule has 0 amide bonds. The number of benzene rings is 1. The average molecular weight is 465 g/mol. The number of oxazole rings is 1. The lowest BCUT2D eigenvalue weighted by atomic mass is 10.0. The number of thiophene rings is 1. The van der Waals surface area contributed by atoms with Gasteiger partial charge in [0, 0.05) is 11.8 Å². The van der Waals surface area contributed by atoms with Crippen LogP contribution < -0.4 is 10.3 Å². The summed E-state index contributed by atoms with van der Waals surface area (Å²) in [7, 11) is 1.66. The van der Waals surface area contributed by atoms with Gasteiger partial charge in [-0.2, -0.15) is 0 Å². The number of methoxy groups -OCH3 is 1. The van der Waals surface area contributed by atoms with E-state index in [0.29, 0.717) is 38.3 Å². The number of ether oxygens (including phenoxy) is 1. The maximum Gasteiger partial charge on any atom is 0.265 e. The molecular formula is C23H17ClN4O3S. The van der Waals surface area contributed by atoms with Crippen LogP contribution in [0.1, 0.15) is 30.1 Å². The predicted molar refractivity (Wildman–Crippen MR) is 124 cm³/mol. The Kier molecular flexibility index (Phi) is 4.51. The number of hydrogen-bond donors (Lipinski definition) is 0. The van der Waals surface area contributed by atoms with Gasteiger partial charge in [-0.25, -0.2) is 9.97 Å². The van der Waals surface area contributed by atoms with Gasteiger partial charge >= 0.3 is 0 Å². The van der Waals surface area contributed by atoms with Crippen molar-refractivity contribution in [3.05, 3.63) is 69.8 Å². The molecule has 0 N–H and O–H groups in total. The van der Waals surface area contributed by atoms with Crippen LogP contribution >= 0.6 is 22.9 Å². The van der Waals surface area contributed by atoms with Gasteiger partial charge in [0.05, 0.1) is 35.1 Å². The molecule has 0 unspecified atom stereocenters. The van der Waals surface area contributed by atoms with E-state index < -0.39 is 0 Å². The minimum absolute atomic E-state index is 0.167. The third kappa shape index (κ3) is 3.18. The summed E-state index contributed by atoms with van der Waals surface area (Å²) < 4.78 is 13.4. The van der Waals surface area contributed by atoms with Gasteiger partial charge in [-0.1, -0.05) is 11.6 Å². The van der Waals surface area contributed by atoms with Crippen LogP contribution in [0.25, 0.3) is 31.8 Å². The van der Waals surface area contributed by atoms with Crippen LogP contribution in [0.15, 0.2) is 52.3 Å². The molecule has 0 aliphatic heterocycles. The number of hydrogen-bond acceptors (Lipinski definition) is 7. The molecule has 1 aliphatic carbocycles. The Morgan fingerprint density at radius 2 is 2.16 bits per heavy atom. The van der Waals surface area contributed by atoms with E-state index in [4.69, 9.17) is 25.7 Å². The van der Waals surface area contributed by atoms with E-state index in [-0.39, 0.29) is 12.1 Å².